The van der Waals surface area contributed by atoms with E-state index in [2.05, 4.69) is 36.9 Å². The number of benzene rings is 1. The van der Waals surface area contributed by atoms with Gasteiger partial charge in [-0.2, -0.15) is 0 Å². The molecule has 70 valence electrons. The highest BCUT2D eigenvalue weighted by Gasteiger charge is 2.33. The van der Waals surface area contributed by atoms with Crippen LogP contribution in [0.2, 0.25) is 0 Å². The van der Waals surface area contributed by atoms with Crippen LogP contribution >= 0.6 is 0 Å². The molecule has 2 rings (SSSR count). The lowest BCUT2D eigenvalue weighted by molar-refractivity contribution is 0.965. The predicted octanol–water partition coefficient (Wildman–Crippen LogP) is 1.45. The second-order valence-corrected chi connectivity index (χ2v) is 3.83. The summed E-state index contributed by atoms with van der Waals surface area (Å²) in [5.41, 5.74) is 9.64. The van der Waals surface area contributed by atoms with Crippen LogP contribution in [0.5, 0.6) is 0 Å². The Hall–Kier alpha value is -1.02. The molecule has 0 aromatic heterocycles. The van der Waals surface area contributed by atoms with Crippen molar-refractivity contribution in [2.45, 2.75) is 19.9 Å². The van der Waals surface area contributed by atoms with Gasteiger partial charge in [-0.1, -0.05) is 12.1 Å². The van der Waals surface area contributed by atoms with Crippen molar-refractivity contribution in [3.63, 3.8) is 0 Å². The highest BCUT2D eigenvalue weighted by molar-refractivity contribution is 5.60. The maximum atomic E-state index is 5.61. The first kappa shape index (κ1) is 8.57. The summed E-state index contributed by atoms with van der Waals surface area (Å²) in [7, 11) is 0. The third kappa shape index (κ3) is 1.54. The molecule has 2 N–H and O–H groups in total. The van der Waals surface area contributed by atoms with Gasteiger partial charge in [0.1, 0.15) is 0 Å². The van der Waals surface area contributed by atoms with Gasteiger partial charge < -0.3 is 10.6 Å². The summed E-state index contributed by atoms with van der Waals surface area (Å²) in [4.78, 5) is 2.36. The van der Waals surface area contributed by atoms with Crippen LogP contribution in [0.1, 0.15) is 11.1 Å². The maximum absolute atomic E-state index is 5.61. The van der Waals surface area contributed by atoms with Crippen LogP contribution in [0.25, 0.3) is 0 Å². The van der Waals surface area contributed by atoms with Crippen molar-refractivity contribution in [1.82, 2.24) is 0 Å². The molecule has 1 saturated heterocycles. The lowest BCUT2D eigenvalue weighted by Crippen LogP contribution is -2.12. The molecule has 1 heterocycles. The topological polar surface area (TPSA) is 29.0 Å². The van der Waals surface area contributed by atoms with Crippen molar-refractivity contribution in [3.05, 3.63) is 29.3 Å². The lowest BCUT2D eigenvalue weighted by atomic mass is 10.1. The Balaban J connectivity index is 2.25. The van der Waals surface area contributed by atoms with E-state index in [1.165, 1.54) is 16.8 Å². The standard InChI is InChI=1S/C11H16N2/c1-8-3-4-9(2)11(5-8)13-7-10(13)6-12/h3-5,10H,6-7,12H2,1-2H3. The summed E-state index contributed by atoms with van der Waals surface area (Å²) in [6.07, 6.45) is 0. The summed E-state index contributed by atoms with van der Waals surface area (Å²) >= 11 is 0. The Morgan fingerprint density at radius 2 is 2.23 bits per heavy atom. The van der Waals surface area contributed by atoms with Gasteiger partial charge in [0, 0.05) is 18.8 Å². The smallest absolute Gasteiger partial charge is 0.0588 e. The van der Waals surface area contributed by atoms with Gasteiger partial charge in [0.25, 0.3) is 0 Å². The molecule has 1 aromatic rings. The van der Waals surface area contributed by atoms with Crippen LogP contribution in [-0.4, -0.2) is 19.1 Å². The van der Waals surface area contributed by atoms with Crippen LogP contribution < -0.4 is 10.6 Å². The van der Waals surface area contributed by atoms with Crippen molar-refractivity contribution >= 4 is 5.69 Å². The van der Waals surface area contributed by atoms with Crippen molar-refractivity contribution in [2.75, 3.05) is 18.0 Å². The van der Waals surface area contributed by atoms with Crippen molar-refractivity contribution in [3.8, 4) is 0 Å². The lowest BCUT2D eigenvalue weighted by Gasteiger charge is -2.09. The molecule has 1 aliphatic rings. The van der Waals surface area contributed by atoms with Crippen LogP contribution in [0, 0.1) is 13.8 Å². The van der Waals surface area contributed by atoms with Crippen LogP contribution in [0.15, 0.2) is 18.2 Å². The van der Waals surface area contributed by atoms with E-state index >= 15 is 0 Å². The van der Waals surface area contributed by atoms with E-state index in [0.29, 0.717) is 6.04 Å². The highest BCUT2D eigenvalue weighted by atomic mass is 15.3. The summed E-state index contributed by atoms with van der Waals surface area (Å²) in [6, 6.07) is 7.15. The molecule has 1 atom stereocenters. The van der Waals surface area contributed by atoms with E-state index in [9.17, 15) is 0 Å². The zero-order valence-corrected chi connectivity index (χ0v) is 8.25. The summed E-state index contributed by atoms with van der Waals surface area (Å²) in [6.45, 7) is 6.18. The minimum atomic E-state index is 0.584. The predicted molar refractivity (Wildman–Crippen MR) is 56.1 cm³/mol. The van der Waals surface area contributed by atoms with E-state index in [0.717, 1.165) is 13.1 Å². The third-order valence-electron chi connectivity index (χ3n) is 2.66. The molecule has 1 aliphatic heterocycles. The SMILES string of the molecule is Cc1ccc(C)c(N2CC2CN)c1. The van der Waals surface area contributed by atoms with Gasteiger partial charge in [-0.25, -0.2) is 0 Å². The second kappa shape index (κ2) is 3.04. The van der Waals surface area contributed by atoms with Gasteiger partial charge in [0.2, 0.25) is 0 Å². The highest BCUT2D eigenvalue weighted by Crippen LogP contribution is 2.30. The zero-order valence-electron chi connectivity index (χ0n) is 8.25. The van der Waals surface area contributed by atoms with Gasteiger partial charge in [0.15, 0.2) is 0 Å². The van der Waals surface area contributed by atoms with Crippen molar-refractivity contribution < 1.29 is 0 Å². The zero-order chi connectivity index (χ0) is 9.42. The van der Waals surface area contributed by atoms with Gasteiger partial charge >= 0.3 is 0 Å². The Morgan fingerprint density at radius 3 is 2.85 bits per heavy atom. The normalized spacial score (nSPS) is 20.5. The van der Waals surface area contributed by atoms with E-state index < -0.39 is 0 Å². The van der Waals surface area contributed by atoms with E-state index in [4.69, 9.17) is 5.73 Å². The molecule has 0 radical (unpaired) electrons. The molecule has 0 saturated carbocycles. The maximum Gasteiger partial charge on any atom is 0.0588 e. The average molecular weight is 176 g/mol. The number of hydrogen-bond donors (Lipinski definition) is 1. The quantitative estimate of drug-likeness (QED) is 0.691. The Bertz CT molecular complexity index is 320. The molecule has 1 fully saturated rings. The number of hydrogen-bond acceptors (Lipinski definition) is 2. The molecule has 2 heteroatoms. The average Bonchev–Trinajstić information content (AvgIpc) is 2.88. The molecule has 2 nitrogen and oxygen atoms in total. The minimum absolute atomic E-state index is 0.584. The first-order chi connectivity index (χ1) is 6.22. The molecule has 1 aromatic carbocycles. The third-order valence-corrected chi connectivity index (χ3v) is 2.66. The number of aryl methyl sites for hydroxylation is 2. The number of anilines is 1. The molecule has 0 bridgehead atoms. The summed E-state index contributed by atoms with van der Waals surface area (Å²) in [5, 5.41) is 0. The van der Waals surface area contributed by atoms with E-state index in [-0.39, 0.29) is 0 Å². The number of nitrogens with two attached hydrogens (primary N) is 1. The molecular weight excluding hydrogens is 160 g/mol. The molecule has 0 spiro atoms. The molecule has 1 unspecified atom stereocenters. The van der Waals surface area contributed by atoms with Gasteiger partial charge in [-0.3, -0.25) is 0 Å². The Labute approximate surface area is 79.4 Å². The first-order valence-electron chi connectivity index (χ1n) is 4.76. The summed E-state index contributed by atoms with van der Waals surface area (Å²) < 4.78 is 0. The number of nitrogens with zero attached hydrogens (tertiary/aromatic N) is 1. The molecule has 0 aliphatic carbocycles. The Morgan fingerprint density at radius 1 is 1.46 bits per heavy atom. The largest absolute Gasteiger partial charge is 0.363 e. The fraction of sp³-hybridized carbons (Fsp3) is 0.455. The summed E-state index contributed by atoms with van der Waals surface area (Å²) in [5.74, 6) is 0. The Kier molecular flexibility index (Phi) is 2.00. The van der Waals surface area contributed by atoms with Gasteiger partial charge in [-0.15, -0.1) is 0 Å². The fourth-order valence-electron chi connectivity index (χ4n) is 1.71. The molecule has 13 heavy (non-hydrogen) atoms. The monoisotopic (exact) mass is 176 g/mol. The fourth-order valence-corrected chi connectivity index (χ4v) is 1.71. The molecular formula is C11H16N2. The van der Waals surface area contributed by atoms with Gasteiger partial charge in [0.05, 0.1) is 6.04 Å². The van der Waals surface area contributed by atoms with Crippen LogP contribution in [0.3, 0.4) is 0 Å². The number of rotatable bonds is 2. The van der Waals surface area contributed by atoms with E-state index in [1.54, 1.807) is 0 Å². The minimum Gasteiger partial charge on any atom is -0.363 e. The van der Waals surface area contributed by atoms with Crippen molar-refractivity contribution in [2.24, 2.45) is 5.73 Å². The van der Waals surface area contributed by atoms with E-state index in [1.807, 2.05) is 0 Å². The van der Waals surface area contributed by atoms with Crippen LogP contribution in [-0.2, 0) is 0 Å². The first-order valence-corrected chi connectivity index (χ1v) is 4.76. The van der Waals surface area contributed by atoms with Crippen molar-refractivity contribution in [1.29, 1.82) is 0 Å². The second-order valence-electron chi connectivity index (χ2n) is 3.83. The van der Waals surface area contributed by atoms with Crippen LogP contribution in [0.4, 0.5) is 5.69 Å². The molecule has 0 amide bonds. The van der Waals surface area contributed by atoms with Gasteiger partial charge in [-0.05, 0) is 31.0 Å².